The summed E-state index contributed by atoms with van der Waals surface area (Å²) in [6.45, 7) is 9.28. The van der Waals surface area contributed by atoms with E-state index in [1.165, 1.54) is 5.56 Å². The van der Waals surface area contributed by atoms with Crippen molar-refractivity contribution in [3.8, 4) is 0 Å². The van der Waals surface area contributed by atoms with E-state index in [1.807, 2.05) is 46.9 Å². The van der Waals surface area contributed by atoms with E-state index in [1.54, 1.807) is 9.80 Å². The van der Waals surface area contributed by atoms with Crippen molar-refractivity contribution in [3.63, 3.8) is 0 Å². The highest BCUT2D eigenvalue weighted by molar-refractivity contribution is 5.80. The van der Waals surface area contributed by atoms with Crippen molar-refractivity contribution >= 4 is 12.0 Å². The van der Waals surface area contributed by atoms with Crippen molar-refractivity contribution in [1.29, 1.82) is 0 Å². The number of aryl methyl sites for hydroxylation is 1. The topological polar surface area (TPSA) is 49.9 Å². The van der Waals surface area contributed by atoms with E-state index < -0.39 is 5.60 Å². The first-order valence-electron chi connectivity index (χ1n) is 8.94. The van der Waals surface area contributed by atoms with E-state index in [0.29, 0.717) is 19.6 Å². The van der Waals surface area contributed by atoms with Crippen molar-refractivity contribution in [2.75, 3.05) is 20.1 Å². The molecule has 1 aliphatic heterocycles. The van der Waals surface area contributed by atoms with Crippen LogP contribution in [0.15, 0.2) is 24.3 Å². The third-order valence-electron chi connectivity index (χ3n) is 4.34. The zero-order valence-electron chi connectivity index (χ0n) is 16.0. The van der Waals surface area contributed by atoms with Gasteiger partial charge in [-0.1, -0.05) is 29.8 Å². The Morgan fingerprint density at radius 2 is 1.88 bits per heavy atom. The van der Waals surface area contributed by atoms with Gasteiger partial charge in [0.2, 0.25) is 5.91 Å². The van der Waals surface area contributed by atoms with Crippen molar-refractivity contribution in [2.24, 2.45) is 5.92 Å². The fourth-order valence-corrected chi connectivity index (χ4v) is 3.03. The molecule has 1 fully saturated rings. The Morgan fingerprint density at radius 3 is 2.48 bits per heavy atom. The fraction of sp³-hybridized carbons (Fsp3) is 0.600. The smallest absolute Gasteiger partial charge is 0.410 e. The summed E-state index contributed by atoms with van der Waals surface area (Å²) in [6, 6.07) is 8.21. The molecule has 1 heterocycles. The number of carbonyl (C=O) groups excluding carboxylic acids is 2. The molecular formula is C20H30N2O3. The van der Waals surface area contributed by atoms with Gasteiger partial charge in [0.25, 0.3) is 0 Å². The molecule has 1 saturated heterocycles. The van der Waals surface area contributed by atoms with Gasteiger partial charge in [-0.2, -0.15) is 0 Å². The molecule has 2 rings (SSSR count). The molecule has 0 bridgehead atoms. The van der Waals surface area contributed by atoms with Crippen molar-refractivity contribution in [2.45, 2.75) is 52.7 Å². The second kappa shape index (κ2) is 7.89. The standard InChI is InChI=1S/C20H30N2O3/c1-15-8-10-16(11-9-15)13-21(5)18(23)17-7-6-12-22(14-17)19(24)25-20(2,3)4/h8-11,17H,6-7,12-14H2,1-5H3/t17-/m1/s1. The Balaban J connectivity index is 1.94. The van der Waals surface area contributed by atoms with Crippen LogP contribution in [0.2, 0.25) is 0 Å². The number of amides is 2. The van der Waals surface area contributed by atoms with E-state index in [0.717, 1.165) is 18.4 Å². The summed E-state index contributed by atoms with van der Waals surface area (Å²) in [5.74, 6) is -0.0643. The molecule has 0 unspecified atom stereocenters. The van der Waals surface area contributed by atoms with Gasteiger partial charge in [-0.15, -0.1) is 0 Å². The van der Waals surface area contributed by atoms with Gasteiger partial charge >= 0.3 is 6.09 Å². The molecule has 138 valence electrons. The molecule has 0 aromatic heterocycles. The van der Waals surface area contributed by atoms with Gasteiger partial charge in [-0.05, 0) is 46.1 Å². The normalized spacial score (nSPS) is 18.0. The van der Waals surface area contributed by atoms with Gasteiger partial charge in [-0.3, -0.25) is 4.79 Å². The second-order valence-electron chi connectivity index (χ2n) is 7.95. The van der Waals surface area contributed by atoms with Crippen LogP contribution in [0.1, 0.15) is 44.7 Å². The van der Waals surface area contributed by atoms with Gasteiger partial charge in [0.1, 0.15) is 5.60 Å². The van der Waals surface area contributed by atoms with Crippen LogP contribution < -0.4 is 0 Å². The van der Waals surface area contributed by atoms with Crippen LogP contribution in [-0.2, 0) is 16.1 Å². The summed E-state index contributed by atoms with van der Waals surface area (Å²) < 4.78 is 5.43. The summed E-state index contributed by atoms with van der Waals surface area (Å²) >= 11 is 0. The molecule has 1 aromatic carbocycles. The number of likely N-dealkylation sites (tertiary alicyclic amines) is 1. The molecule has 0 radical (unpaired) electrons. The number of nitrogens with zero attached hydrogens (tertiary/aromatic N) is 2. The molecule has 1 aromatic rings. The van der Waals surface area contributed by atoms with Crippen LogP contribution in [0, 0.1) is 12.8 Å². The van der Waals surface area contributed by atoms with Gasteiger partial charge < -0.3 is 14.5 Å². The number of benzene rings is 1. The van der Waals surface area contributed by atoms with Crippen LogP contribution >= 0.6 is 0 Å². The number of hydrogen-bond donors (Lipinski definition) is 0. The lowest BCUT2D eigenvalue weighted by Crippen LogP contribution is -2.47. The highest BCUT2D eigenvalue weighted by Crippen LogP contribution is 2.21. The monoisotopic (exact) mass is 346 g/mol. The predicted octanol–water partition coefficient (Wildman–Crippen LogP) is 3.60. The van der Waals surface area contributed by atoms with Gasteiger partial charge in [0.15, 0.2) is 0 Å². The van der Waals surface area contributed by atoms with Crippen LogP contribution in [0.3, 0.4) is 0 Å². The summed E-state index contributed by atoms with van der Waals surface area (Å²) in [5.41, 5.74) is 1.80. The van der Waals surface area contributed by atoms with Crippen molar-refractivity contribution < 1.29 is 14.3 Å². The first kappa shape index (κ1) is 19.3. The Labute approximate surface area is 150 Å². The van der Waals surface area contributed by atoms with E-state index >= 15 is 0 Å². The van der Waals surface area contributed by atoms with Gasteiger partial charge in [0, 0.05) is 26.7 Å². The third-order valence-corrected chi connectivity index (χ3v) is 4.34. The Morgan fingerprint density at radius 1 is 1.24 bits per heavy atom. The highest BCUT2D eigenvalue weighted by Gasteiger charge is 2.32. The summed E-state index contributed by atoms with van der Waals surface area (Å²) in [4.78, 5) is 28.4. The molecule has 0 N–H and O–H groups in total. The molecule has 5 nitrogen and oxygen atoms in total. The molecule has 0 spiro atoms. The number of carbonyl (C=O) groups is 2. The predicted molar refractivity (Wildman–Crippen MR) is 98.2 cm³/mol. The maximum atomic E-state index is 12.8. The lowest BCUT2D eigenvalue weighted by Gasteiger charge is -2.35. The molecule has 2 amide bonds. The van der Waals surface area contributed by atoms with Gasteiger partial charge in [0.05, 0.1) is 5.92 Å². The minimum atomic E-state index is -0.518. The lowest BCUT2D eigenvalue weighted by molar-refractivity contribution is -0.136. The van der Waals surface area contributed by atoms with Crippen LogP contribution in [0.5, 0.6) is 0 Å². The Kier molecular flexibility index (Phi) is 6.09. The molecule has 5 heteroatoms. The molecule has 1 aliphatic rings. The van der Waals surface area contributed by atoms with Crippen LogP contribution in [0.25, 0.3) is 0 Å². The first-order chi connectivity index (χ1) is 11.7. The quantitative estimate of drug-likeness (QED) is 0.840. The summed E-state index contributed by atoms with van der Waals surface area (Å²) in [5, 5.41) is 0. The fourth-order valence-electron chi connectivity index (χ4n) is 3.03. The van der Waals surface area contributed by atoms with E-state index in [9.17, 15) is 9.59 Å². The SMILES string of the molecule is Cc1ccc(CN(C)C(=O)[C@@H]2CCCN(C(=O)OC(C)(C)C)C2)cc1. The lowest BCUT2D eigenvalue weighted by atomic mass is 9.96. The minimum absolute atomic E-state index is 0.0915. The second-order valence-corrected chi connectivity index (χ2v) is 7.95. The Bertz CT molecular complexity index is 604. The third kappa shape index (κ3) is 5.76. The summed E-state index contributed by atoms with van der Waals surface area (Å²) in [6.07, 6.45) is 1.32. The Hall–Kier alpha value is -2.04. The maximum absolute atomic E-state index is 12.8. The largest absolute Gasteiger partial charge is 0.444 e. The molecule has 0 aliphatic carbocycles. The van der Waals surface area contributed by atoms with E-state index in [4.69, 9.17) is 4.74 Å². The molecule has 25 heavy (non-hydrogen) atoms. The van der Waals surface area contributed by atoms with Gasteiger partial charge in [-0.25, -0.2) is 4.79 Å². The van der Waals surface area contributed by atoms with Crippen LogP contribution in [0.4, 0.5) is 4.79 Å². The average molecular weight is 346 g/mol. The number of ether oxygens (including phenoxy) is 1. The number of hydrogen-bond acceptors (Lipinski definition) is 3. The molecule has 1 atom stereocenters. The summed E-state index contributed by atoms with van der Waals surface area (Å²) in [7, 11) is 1.83. The van der Waals surface area contributed by atoms with Crippen molar-refractivity contribution in [1.82, 2.24) is 9.80 Å². The number of piperidine rings is 1. The average Bonchev–Trinajstić information content (AvgIpc) is 2.55. The zero-order valence-corrected chi connectivity index (χ0v) is 16.0. The number of rotatable bonds is 3. The molecular weight excluding hydrogens is 316 g/mol. The maximum Gasteiger partial charge on any atom is 0.410 e. The van der Waals surface area contributed by atoms with E-state index in [-0.39, 0.29) is 17.9 Å². The van der Waals surface area contributed by atoms with E-state index in [2.05, 4.69) is 12.1 Å². The highest BCUT2D eigenvalue weighted by atomic mass is 16.6. The van der Waals surface area contributed by atoms with Crippen molar-refractivity contribution in [3.05, 3.63) is 35.4 Å². The zero-order chi connectivity index (χ0) is 18.6. The molecule has 0 saturated carbocycles. The van der Waals surface area contributed by atoms with Crippen LogP contribution in [-0.4, -0.2) is 47.5 Å². The minimum Gasteiger partial charge on any atom is -0.444 e. The first-order valence-corrected chi connectivity index (χ1v) is 8.94.